The Labute approximate surface area is 136 Å². The van der Waals surface area contributed by atoms with Gasteiger partial charge in [0.1, 0.15) is 15.9 Å². The zero-order chi connectivity index (χ0) is 16.2. The van der Waals surface area contributed by atoms with Gasteiger partial charge in [-0.15, -0.1) is 0 Å². The molecule has 1 fully saturated rings. The molecule has 0 spiro atoms. The van der Waals surface area contributed by atoms with Gasteiger partial charge in [0.2, 0.25) is 0 Å². The van der Waals surface area contributed by atoms with Gasteiger partial charge in [0.05, 0.1) is 17.0 Å². The van der Waals surface area contributed by atoms with Crippen LogP contribution in [-0.4, -0.2) is 51.0 Å². The molecule has 0 amide bonds. The number of hydrogen-bond acceptors (Lipinski definition) is 5. The minimum absolute atomic E-state index is 0.209. The van der Waals surface area contributed by atoms with Gasteiger partial charge in [-0.3, -0.25) is 0 Å². The molecule has 0 atom stereocenters. The van der Waals surface area contributed by atoms with Crippen molar-refractivity contribution in [2.24, 2.45) is 0 Å². The monoisotopic (exact) mass is 341 g/mol. The summed E-state index contributed by atoms with van der Waals surface area (Å²) in [7, 11) is -2.90. The van der Waals surface area contributed by atoms with E-state index >= 15 is 0 Å². The van der Waals surface area contributed by atoms with Crippen LogP contribution in [0.1, 0.15) is 18.4 Å². The maximum atomic E-state index is 11.2. The molecule has 1 aliphatic heterocycles. The second kappa shape index (κ2) is 7.32. The zero-order valence-electron chi connectivity index (χ0n) is 12.5. The van der Waals surface area contributed by atoms with E-state index in [4.69, 9.17) is 16.9 Å². The van der Waals surface area contributed by atoms with Crippen LogP contribution in [0, 0.1) is 11.3 Å². The number of nitriles is 1. The Balaban J connectivity index is 1.87. The van der Waals surface area contributed by atoms with Crippen LogP contribution < -0.4 is 5.32 Å². The molecule has 0 aromatic heterocycles. The normalized spacial score (nSPS) is 17.1. The van der Waals surface area contributed by atoms with E-state index < -0.39 is 9.84 Å². The standard InChI is InChI=1S/C15H20ClN3O2S/c1-22(20,21)9-8-19-6-4-14(5-7-19)18-15-3-2-13(16)10-12(15)11-17/h2-3,10,14,18H,4-9H2,1H3. The third kappa shape index (κ3) is 5.16. The lowest BCUT2D eigenvalue weighted by molar-refractivity contribution is 0.230. The van der Waals surface area contributed by atoms with E-state index in [1.54, 1.807) is 12.1 Å². The molecular formula is C15H20ClN3O2S. The summed E-state index contributed by atoms with van der Waals surface area (Å²) in [4.78, 5) is 2.17. The lowest BCUT2D eigenvalue weighted by Gasteiger charge is -2.32. The van der Waals surface area contributed by atoms with Crippen molar-refractivity contribution < 1.29 is 8.42 Å². The number of hydrogen-bond donors (Lipinski definition) is 1. The third-order valence-corrected chi connectivity index (χ3v) is 4.99. The maximum Gasteiger partial charge on any atom is 0.148 e. The fourth-order valence-corrected chi connectivity index (χ4v) is 3.31. The average molecular weight is 342 g/mol. The van der Waals surface area contributed by atoms with Crippen molar-refractivity contribution in [2.45, 2.75) is 18.9 Å². The molecule has 0 bridgehead atoms. The van der Waals surface area contributed by atoms with Gasteiger partial charge in [-0.25, -0.2) is 8.42 Å². The van der Waals surface area contributed by atoms with Crippen molar-refractivity contribution in [2.75, 3.05) is 37.0 Å². The molecule has 1 saturated heterocycles. The van der Waals surface area contributed by atoms with E-state index in [1.165, 1.54) is 6.26 Å². The van der Waals surface area contributed by atoms with Crippen LogP contribution in [0.25, 0.3) is 0 Å². The Bertz CT molecular complexity index is 662. The van der Waals surface area contributed by atoms with E-state index in [0.717, 1.165) is 31.6 Å². The van der Waals surface area contributed by atoms with Crippen LogP contribution in [0.5, 0.6) is 0 Å². The maximum absolute atomic E-state index is 11.2. The lowest BCUT2D eigenvalue weighted by Crippen LogP contribution is -2.41. The molecule has 0 unspecified atom stereocenters. The topological polar surface area (TPSA) is 73.2 Å². The van der Waals surface area contributed by atoms with Gasteiger partial charge in [0, 0.05) is 37.0 Å². The van der Waals surface area contributed by atoms with Gasteiger partial charge in [-0.1, -0.05) is 11.6 Å². The summed E-state index contributed by atoms with van der Waals surface area (Å²) in [5, 5.41) is 13.1. The highest BCUT2D eigenvalue weighted by Gasteiger charge is 2.20. The molecule has 0 radical (unpaired) electrons. The number of nitrogens with one attached hydrogen (secondary N) is 1. The molecule has 22 heavy (non-hydrogen) atoms. The van der Waals surface area contributed by atoms with Crippen LogP contribution in [0.15, 0.2) is 18.2 Å². The highest BCUT2D eigenvalue weighted by atomic mass is 35.5. The molecule has 1 heterocycles. The van der Waals surface area contributed by atoms with Crippen LogP contribution in [0.2, 0.25) is 5.02 Å². The first-order valence-electron chi connectivity index (χ1n) is 7.23. The number of rotatable bonds is 5. The molecular weight excluding hydrogens is 322 g/mol. The Morgan fingerprint density at radius 2 is 2.09 bits per heavy atom. The summed E-state index contributed by atoms with van der Waals surface area (Å²) in [5.41, 5.74) is 1.36. The first-order chi connectivity index (χ1) is 10.4. The zero-order valence-corrected chi connectivity index (χ0v) is 14.1. The third-order valence-electron chi connectivity index (χ3n) is 3.83. The van der Waals surface area contributed by atoms with Crippen molar-refractivity contribution in [1.29, 1.82) is 5.26 Å². The summed E-state index contributed by atoms with van der Waals surface area (Å²) in [6.07, 6.45) is 3.12. The fraction of sp³-hybridized carbons (Fsp3) is 0.533. The van der Waals surface area contributed by atoms with Crippen LogP contribution in [0.4, 0.5) is 5.69 Å². The van der Waals surface area contributed by atoms with Gasteiger partial charge >= 0.3 is 0 Å². The highest BCUT2D eigenvalue weighted by molar-refractivity contribution is 7.90. The number of benzene rings is 1. The Hall–Kier alpha value is -1.29. The minimum atomic E-state index is -2.90. The average Bonchev–Trinajstić information content (AvgIpc) is 2.47. The highest BCUT2D eigenvalue weighted by Crippen LogP contribution is 2.23. The molecule has 7 heteroatoms. The van der Waals surface area contributed by atoms with E-state index in [2.05, 4.69) is 16.3 Å². The number of anilines is 1. The van der Waals surface area contributed by atoms with Crippen LogP contribution in [0.3, 0.4) is 0 Å². The van der Waals surface area contributed by atoms with E-state index in [9.17, 15) is 8.42 Å². The fourth-order valence-electron chi connectivity index (χ4n) is 2.55. The Kier molecular flexibility index (Phi) is 5.68. The second-order valence-electron chi connectivity index (χ2n) is 5.69. The smallest absolute Gasteiger partial charge is 0.148 e. The molecule has 1 aliphatic rings. The molecule has 1 aromatic carbocycles. The lowest BCUT2D eigenvalue weighted by atomic mass is 10.0. The molecule has 0 saturated carbocycles. The van der Waals surface area contributed by atoms with E-state index in [1.807, 2.05) is 6.07 Å². The summed E-state index contributed by atoms with van der Waals surface area (Å²) in [6.45, 7) is 2.32. The predicted octanol–water partition coefficient (Wildman–Crippen LogP) is 2.13. The SMILES string of the molecule is CS(=O)(=O)CCN1CCC(Nc2ccc(Cl)cc2C#N)CC1. The van der Waals surface area contributed by atoms with Gasteiger partial charge < -0.3 is 10.2 Å². The number of halogens is 1. The number of sulfone groups is 1. The Morgan fingerprint density at radius 1 is 1.41 bits per heavy atom. The summed E-state index contributed by atoms with van der Waals surface area (Å²) in [5.74, 6) is 0.209. The molecule has 5 nitrogen and oxygen atoms in total. The van der Waals surface area contributed by atoms with Crippen molar-refractivity contribution in [3.8, 4) is 6.07 Å². The van der Waals surface area contributed by atoms with Crippen molar-refractivity contribution in [1.82, 2.24) is 4.90 Å². The van der Waals surface area contributed by atoms with Crippen molar-refractivity contribution >= 4 is 27.1 Å². The molecule has 120 valence electrons. The van der Waals surface area contributed by atoms with E-state index in [-0.39, 0.29) is 5.75 Å². The summed E-state index contributed by atoms with van der Waals surface area (Å²) in [6, 6.07) is 7.70. The van der Waals surface area contributed by atoms with Crippen molar-refractivity contribution in [3.05, 3.63) is 28.8 Å². The first kappa shape index (κ1) is 17.1. The van der Waals surface area contributed by atoms with Crippen LogP contribution in [-0.2, 0) is 9.84 Å². The quantitative estimate of drug-likeness (QED) is 0.888. The summed E-state index contributed by atoms with van der Waals surface area (Å²) < 4.78 is 22.4. The molecule has 0 aliphatic carbocycles. The number of piperidine rings is 1. The Morgan fingerprint density at radius 3 is 2.68 bits per heavy atom. The predicted molar refractivity (Wildman–Crippen MR) is 89.0 cm³/mol. The van der Waals surface area contributed by atoms with Gasteiger partial charge in [0.25, 0.3) is 0 Å². The van der Waals surface area contributed by atoms with Gasteiger partial charge in [-0.05, 0) is 31.0 Å². The van der Waals surface area contributed by atoms with Gasteiger partial charge in [0.15, 0.2) is 0 Å². The van der Waals surface area contributed by atoms with Crippen LogP contribution >= 0.6 is 11.6 Å². The first-order valence-corrected chi connectivity index (χ1v) is 9.67. The minimum Gasteiger partial charge on any atom is -0.381 e. The van der Waals surface area contributed by atoms with Gasteiger partial charge in [-0.2, -0.15) is 5.26 Å². The second-order valence-corrected chi connectivity index (χ2v) is 8.39. The number of nitrogens with zero attached hydrogens (tertiary/aromatic N) is 2. The number of likely N-dealkylation sites (tertiary alicyclic amines) is 1. The van der Waals surface area contributed by atoms with Crippen molar-refractivity contribution in [3.63, 3.8) is 0 Å². The van der Waals surface area contributed by atoms with E-state index in [0.29, 0.717) is 23.2 Å². The molecule has 2 rings (SSSR count). The summed E-state index contributed by atoms with van der Waals surface area (Å²) >= 11 is 5.89. The molecule has 1 N–H and O–H groups in total. The largest absolute Gasteiger partial charge is 0.381 e. The molecule has 1 aromatic rings.